The van der Waals surface area contributed by atoms with Crippen LogP contribution in [0.25, 0.3) is 0 Å². The molecule has 0 unspecified atom stereocenters. The zero-order valence-electron chi connectivity index (χ0n) is 21.3. The minimum absolute atomic E-state index is 0.205. The summed E-state index contributed by atoms with van der Waals surface area (Å²) in [5.74, 6) is -3.72. The number of aliphatic hydroxyl groups excluding tert-OH is 1. The molecule has 0 amide bonds. The molecule has 0 radical (unpaired) electrons. The maximum Gasteiger partial charge on any atom is 0.303 e. The van der Waals surface area contributed by atoms with Crippen LogP contribution in [0.2, 0.25) is 0 Å². The molecule has 0 aromatic carbocycles. The van der Waals surface area contributed by atoms with Crippen LogP contribution in [0.5, 0.6) is 0 Å². The molecule has 0 aromatic heterocycles. The number of hydrogen-bond donors (Lipinski definition) is 1. The van der Waals surface area contributed by atoms with E-state index in [9.17, 15) is 29.1 Å². The van der Waals surface area contributed by atoms with E-state index in [2.05, 4.69) is 0 Å². The van der Waals surface area contributed by atoms with Gasteiger partial charge in [0.25, 0.3) is 0 Å². The molecule has 0 aromatic rings. The van der Waals surface area contributed by atoms with Crippen LogP contribution in [0.15, 0.2) is 0 Å². The zero-order valence-corrected chi connectivity index (χ0v) is 21.3. The Morgan fingerprint density at radius 3 is 1.78 bits per heavy atom. The quantitative estimate of drug-likeness (QED) is 0.272. The van der Waals surface area contributed by atoms with Crippen molar-refractivity contribution in [2.45, 2.75) is 89.9 Å². The molecular formula is C22H32O15. The smallest absolute Gasteiger partial charge is 0.303 e. The van der Waals surface area contributed by atoms with Gasteiger partial charge in [-0.2, -0.15) is 0 Å². The third-order valence-corrected chi connectivity index (χ3v) is 5.20. The summed E-state index contributed by atoms with van der Waals surface area (Å²) >= 11 is 0. The van der Waals surface area contributed by atoms with Crippen LogP contribution in [-0.4, -0.2) is 111 Å². The van der Waals surface area contributed by atoms with Crippen molar-refractivity contribution >= 4 is 29.8 Å². The normalized spacial score (nSPS) is 33.5. The van der Waals surface area contributed by atoms with Crippen molar-refractivity contribution in [1.29, 1.82) is 0 Å². The lowest BCUT2D eigenvalue weighted by Crippen LogP contribution is -2.65. The summed E-state index contributed by atoms with van der Waals surface area (Å²) in [4.78, 5) is 58.3. The van der Waals surface area contributed by atoms with E-state index in [0.29, 0.717) is 0 Å². The first kappa shape index (κ1) is 30.4. The first-order chi connectivity index (χ1) is 17.3. The summed E-state index contributed by atoms with van der Waals surface area (Å²) < 4.78 is 48.4. The molecule has 2 rings (SSSR count). The molecule has 37 heavy (non-hydrogen) atoms. The zero-order chi connectivity index (χ0) is 27.9. The van der Waals surface area contributed by atoms with E-state index in [4.69, 9.17) is 42.6 Å². The van der Waals surface area contributed by atoms with E-state index >= 15 is 0 Å². The van der Waals surface area contributed by atoms with Gasteiger partial charge < -0.3 is 47.7 Å². The molecule has 15 heteroatoms. The molecule has 2 aliphatic heterocycles. The third kappa shape index (κ3) is 8.60. The molecule has 0 bridgehead atoms. The van der Waals surface area contributed by atoms with Crippen molar-refractivity contribution < 1.29 is 71.7 Å². The molecule has 0 spiro atoms. The molecule has 210 valence electrons. The van der Waals surface area contributed by atoms with Gasteiger partial charge in [0.1, 0.15) is 18.8 Å². The summed E-state index contributed by atoms with van der Waals surface area (Å²) in [6, 6.07) is 0. The maximum absolute atomic E-state index is 11.8. The van der Waals surface area contributed by atoms with Gasteiger partial charge in [0.05, 0.1) is 6.61 Å². The van der Waals surface area contributed by atoms with Gasteiger partial charge in [-0.25, -0.2) is 0 Å². The van der Waals surface area contributed by atoms with Crippen LogP contribution in [0, 0.1) is 0 Å². The first-order valence-corrected chi connectivity index (χ1v) is 11.3. The standard InChI is InChI=1S/C22H32O15/c1-9(23)30-7-15-17(33-11(3)25)19(35-13(5)27)16(28)21(36-15)37-20-18(34-12(4)26)14(32-10(2)24)8-31-22(20)29-6/h14-22,28H,7-8H2,1-6H3/t14-,15-,16-,17+,18+,19-,20-,21+,22-/m1/s1. The third-order valence-electron chi connectivity index (χ3n) is 5.20. The van der Waals surface area contributed by atoms with Crippen molar-refractivity contribution in [2.75, 3.05) is 20.3 Å². The summed E-state index contributed by atoms with van der Waals surface area (Å²) in [6.45, 7) is 4.90. The Labute approximate surface area is 212 Å². The lowest BCUT2D eigenvalue weighted by atomic mass is 9.98. The average Bonchev–Trinajstić information content (AvgIpc) is 2.77. The predicted octanol–water partition coefficient (Wildman–Crippen LogP) is -1.25. The van der Waals surface area contributed by atoms with Crippen LogP contribution >= 0.6 is 0 Å². The number of esters is 5. The molecule has 2 aliphatic rings. The van der Waals surface area contributed by atoms with Crippen molar-refractivity contribution in [3.8, 4) is 0 Å². The van der Waals surface area contributed by atoms with Gasteiger partial charge in [0.15, 0.2) is 43.1 Å². The Morgan fingerprint density at radius 2 is 1.27 bits per heavy atom. The highest BCUT2D eigenvalue weighted by Crippen LogP contribution is 2.32. The number of carbonyl (C=O) groups excluding carboxylic acids is 5. The molecule has 2 saturated heterocycles. The van der Waals surface area contributed by atoms with Crippen molar-refractivity contribution in [2.24, 2.45) is 0 Å². The van der Waals surface area contributed by atoms with Gasteiger partial charge in [-0.05, 0) is 0 Å². The highest BCUT2D eigenvalue weighted by Gasteiger charge is 2.54. The van der Waals surface area contributed by atoms with Crippen LogP contribution < -0.4 is 0 Å². The molecule has 15 nitrogen and oxygen atoms in total. The molecule has 2 heterocycles. The summed E-state index contributed by atoms with van der Waals surface area (Å²) in [7, 11) is 1.28. The van der Waals surface area contributed by atoms with Crippen molar-refractivity contribution in [1.82, 2.24) is 0 Å². The fourth-order valence-corrected chi connectivity index (χ4v) is 3.89. The second kappa shape index (κ2) is 13.6. The van der Waals surface area contributed by atoms with E-state index < -0.39 is 91.8 Å². The molecule has 0 saturated carbocycles. The van der Waals surface area contributed by atoms with Crippen LogP contribution in [-0.2, 0) is 66.6 Å². The Morgan fingerprint density at radius 1 is 0.730 bits per heavy atom. The Bertz CT molecular complexity index is 844. The molecule has 0 aliphatic carbocycles. The lowest BCUT2D eigenvalue weighted by molar-refractivity contribution is -0.355. The minimum Gasteiger partial charge on any atom is -0.463 e. The number of hydrogen-bond acceptors (Lipinski definition) is 15. The number of aliphatic hydroxyl groups is 1. The Kier molecular flexibility index (Phi) is 11.2. The number of methoxy groups -OCH3 is 1. The van der Waals surface area contributed by atoms with Crippen molar-refractivity contribution in [3.63, 3.8) is 0 Å². The highest BCUT2D eigenvalue weighted by atomic mass is 16.8. The maximum atomic E-state index is 11.8. The molecule has 9 atom stereocenters. The second-order valence-electron chi connectivity index (χ2n) is 8.24. The number of rotatable bonds is 9. The van der Waals surface area contributed by atoms with Crippen LogP contribution in [0.3, 0.4) is 0 Å². The van der Waals surface area contributed by atoms with Gasteiger partial charge in [-0.1, -0.05) is 0 Å². The van der Waals surface area contributed by atoms with Crippen LogP contribution in [0.4, 0.5) is 0 Å². The van der Waals surface area contributed by atoms with Gasteiger partial charge in [-0.3, -0.25) is 24.0 Å². The molecule has 2 fully saturated rings. The lowest BCUT2D eigenvalue weighted by Gasteiger charge is -2.46. The second-order valence-corrected chi connectivity index (χ2v) is 8.24. The van der Waals surface area contributed by atoms with E-state index in [1.165, 1.54) is 7.11 Å². The molecular weight excluding hydrogens is 504 g/mol. The number of carbonyl (C=O) groups is 5. The average molecular weight is 536 g/mol. The molecule has 1 N–H and O–H groups in total. The number of ether oxygens (including phenoxy) is 9. The summed E-state index contributed by atoms with van der Waals surface area (Å²) in [5.41, 5.74) is 0. The first-order valence-electron chi connectivity index (χ1n) is 11.3. The minimum atomic E-state index is -1.76. The van der Waals surface area contributed by atoms with Crippen LogP contribution in [0.1, 0.15) is 34.6 Å². The fraction of sp³-hybridized carbons (Fsp3) is 0.773. The fourth-order valence-electron chi connectivity index (χ4n) is 3.89. The Hall–Kier alpha value is -2.85. The monoisotopic (exact) mass is 536 g/mol. The predicted molar refractivity (Wildman–Crippen MR) is 115 cm³/mol. The van der Waals surface area contributed by atoms with Gasteiger partial charge in [-0.15, -0.1) is 0 Å². The summed E-state index contributed by atoms with van der Waals surface area (Å²) in [6.07, 6.45) is -12.4. The van der Waals surface area contributed by atoms with E-state index in [0.717, 1.165) is 34.6 Å². The van der Waals surface area contributed by atoms with Gasteiger partial charge in [0, 0.05) is 41.7 Å². The topological polar surface area (TPSA) is 189 Å². The Balaban J connectivity index is 2.42. The largest absolute Gasteiger partial charge is 0.463 e. The van der Waals surface area contributed by atoms with Gasteiger partial charge in [0.2, 0.25) is 0 Å². The van der Waals surface area contributed by atoms with E-state index in [1.54, 1.807) is 0 Å². The van der Waals surface area contributed by atoms with Crippen molar-refractivity contribution in [3.05, 3.63) is 0 Å². The van der Waals surface area contributed by atoms with E-state index in [-0.39, 0.29) is 6.61 Å². The SMILES string of the molecule is CO[C@@H]1OC[C@@H](OC(C)=O)[C@H](OC(C)=O)[C@H]1O[C@@H]1O[C@H](COC(C)=O)[C@H](OC(C)=O)[C@H](OC(C)=O)[C@H]1O. The van der Waals surface area contributed by atoms with E-state index in [1.807, 2.05) is 0 Å². The van der Waals surface area contributed by atoms with Gasteiger partial charge >= 0.3 is 29.8 Å². The highest BCUT2D eigenvalue weighted by molar-refractivity contribution is 5.68. The summed E-state index contributed by atoms with van der Waals surface area (Å²) in [5, 5.41) is 11.0.